The third-order valence-corrected chi connectivity index (χ3v) is 11.0. The molecule has 0 radical (unpaired) electrons. The molecule has 2 heterocycles. The molecule has 11 heteroatoms. The molecular formula is C41H44O11. The number of esters is 1. The average Bonchev–Trinajstić information content (AvgIpc) is 3.84. The summed E-state index contributed by atoms with van der Waals surface area (Å²) < 4.78 is 34.3. The zero-order valence-electron chi connectivity index (χ0n) is 29.6. The van der Waals surface area contributed by atoms with Crippen LogP contribution in [0.5, 0.6) is 40.2 Å². The number of aromatic hydroxyl groups is 2. The van der Waals surface area contributed by atoms with Gasteiger partial charge in [0.2, 0.25) is 0 Å². The number of cyclic esters (lactones) is 1. The van der Waals surface area contributed by atoms with Gasteiger partial charge in [0.15, 0.2) is 34.5 Å². The molecule has 11 nitrogen and oxygen atoms in total. The molecule has 0 spiro atoms. The number of ether oxygens (including phenoxy) is 6. The van der Waals surface area contributed by atoms with Crippen LogP contribution in [-0.2, 0) is 28.8 Å². The Balaban J connectivity index is 1.14. The van der Waals surface area contributed by atoms with Crippen LogP contribution in [0, 0.1) is 11.8 Å². The van der Waals surface area contributed by atoms with Crippen molar-refractivity contribution in [2.75, 3.05) is 48.3 Å². The Labute approximate surface area is 302 Å². The summed E-state index contributed by atoms with van der Waals surface area (Å²) in [5, 5.41) is 41.5. The van der Waals surface area contributed by atoms with Crippen molar-refractivity contribution in [3.05, 3.63) is 99.6 Å². The van der Waals surface area contributed by atoms with E-state index in [9.17, 15) is 25.2 Å². The standard InChI is InChI=1S/C41H44O11/c1-47-35-13-21(11-28-29(35)17-26(31(28)18-42)23-5-7-33(44)36(15-23)48-2)9-25-20-51-41(46)27(25)10-22-12-30-32(19-43)39(52-40(30)38(14-22)50-4)24-6-8-34(45)37(16-24)49-3/h5-8,11-16,25-27,31-32,39,42-45H,9-10,17-20H2,1-4H3. The molecule has 0 aromatic heterocycles. The van der Waals surface area contributed by atoms with Gasteiger partial charge >= 0.3 is 5.97 Å². The molecule has 1 saturated heterocycles. The lowest BCUT2D eigenvalue weighted by atomic mass is 9.82. The van der Waals surface area contributed by atoms with Crippen molar-refractivity contribution < 1.29 is 53.6 Å². The number of carbonyl (C=O) groups is 1. The lowest BCUT2D eigenvalue weighted by Gasteiger charge is -2.21. The molecule has 7 rings (SSSR count). The van der Waals surface area contributed by atoms with E-state index in [0.717, 1.165) is 44.7 Å². The first-order valence-corrected chi connectivity index (χ1v) is 17.4. The first-order chi connectivity index (χ1) is 25.2. The van der Waals surface area contributed by atoms with E-state index in [-0.39, 0.29) is 55.0 Å². The molecule has 2 aliphatic heterocycles. The molecule has 3 aliphatic rings. The van der Waals surface area contributed by atoms with Gasteiger partial charge in [0, 0.05) is 17.4 Å². The van der Waals surface area contributed by atoms with Gasteiger partial charge in [0.25, 0.3) is 0 Å². The van der Waals surface area contributed by atoms with Crippen molar-refractivity contribution in [2.45, 2.75) is 43.1 Å². The number of phenols is 2. The molecule has 52 heavy (non-hydrogen) atoms. The number of fused-ring (bicyclic) bond motifs is 2. The SMILES string of the molecule is COc1cc(C2Cc3c(OC)cc(CC4COC(=O)C4Cc4cc(OC)c5c(c4)C(CO)C(c4ccc(O)c(OC)c4)O5)cc3C2CO)ccc1O. The molecule has 0 amide bonds. The smallest absolute Gasteiger partial charge is 0.309 e. The quantitative estimate of drug-likeness (QED) is 0.141. The zero-order valence-corrected chi connectivity index (χ0v) is 29.6. The van der Waals surface area contributed by atoms with Crippen LogP contribution in [-0.4, -0.2) is 74.7 Å². The summed E-state index contributed by atoms with van der Waals surface area (Å²) in [5.41, 5.74) is 6.35. The molecule has 1 fully saturated rings. The van der Waals surface area contributed by atoms with E-state index in [1.54, 1.807) is 32.4 Å². The summed E-state index contributed by atoms with van der Waals surface area (Å²) in [6.07, 6.45) is 1.07. The summed E-state index contributed by atoms with van der Waals surface area (Å²) in [7, 11) is 6.19. The van der Waals surface area contributed by atoms with Gasteiger partial charge in [0.1, 0.15) is 11.9 Å². The Morgan fingerprint density at radius 2 is 1.27 bits per heavy atom. The lowest BCUT2D eigenvalue weighted by Crippen LogP contribution is -2.21. The summed E-state index contributed by atoms with van der Waals surface area (Å²) in [6, 6.07) is 18.3. The van der Waals surface area contributed by atoms with Crippen LogP contribution in [0.15, 0.2) is 60.7 Å². The second kappa shape index (κ2) is 14.5. The van der Waals surface area contributed by atoms with Crippen LogP contribution in [0.3, 0.4) is 0 Å². The van der Waals surface area contributed by atoms with Crippen LogP contribution in [0.1, 0.15) is 62.8 Å². The fourth-order valence-corrected chi connectivity index (χ4v) is 8.36. The molecule has 6 atom stereocenters. The van der Waals surface area contributed by atoms with Gasteiger partial charge in [-0.1, -0.05) is 24.3 Å². The molecule has 4 N–H and O–H groups in total. The monoisotopic (exact) mass is 712 g/mol. The van der Waals surface area contributed by atoms with Crippen molar-refractivity contribution in [3.63, 3.8) is 0 Å². The van der Waals surface area contributed by atoms with Crippen molar-refractivity contribution in [2.24, 2.45) is 11.8 Å². The van der Waals surface area contributed by atoms with Gasteiger partial charge in [-0.25, -0.2) is 0 Å². The number of carbonyl (C=O) groups excluding carboxylic acids is 1. The largest absolute Gasteiger partial charge is 0.504 e. The first kappa shape index (κ1) is 35.3. The highest BCUT2D eigenvalue weighted by Crippen LogP contribution is 2.52. The van der Waals surface area contributed by atoms with E-state index >= 15 is 0 Å². The number of methoxy groups -OCH3 is 4. The highest BCUT2D eigenvalue weighted by atomic mass is 16.5. The summed E-state index contributed by atoms with van der Waals surface area (Å²) in [4.78, 5) is 13.3. The summed E-state index contributed by atoms with van der Waals surface area (Å²) >= 11 is 0. The predicted molar refractivity (Wildman–Crippen MR) is 190 cm³/mol. The fourth-order valence-electron chi connectivity index (χ4n) is 8.36. The number of hydrogen-bond donors (Lipinski definition) is 4. The van der Waals surface area contributed by atoms with E-state index in [2.05, 4.69) is 6.07 Å². The lowest BCUT2D eigenvalue weighted by molar-refractivity contribution is -0.141. The Morgan fingerprint density at radius 1 is 0.673 bits per heavy atom. The minimum Gasteiger partial charge on any atom is -0.504 e. The van der Waals surface area contributed by atoms with Gasteiger partial charge in [-0.2, -0.15) is 0 Å². The van der Waals surface area contributed by atoms with Gasteiger partial charge in [-0.15, -0.1) is 0 Å². The molecule has 1 aliphatic carbocycles. The maximum absolute atomic E-state index is 13.3. The third-order valence-electron chi connectivity index (χ3n) is 11.0. The average molecular weight is 713 g/mol. The highest BCUT2D eigenvalue weighted by molar-refractivity contribution is 5.75. The minimum absolute atomic E-state index is 0.00560. The second-order valence-corrected chi connectivity index (χ2v) is 13.8. The molecule has 4 aromatic carbocycles. The molecule has 0 saturated carbocycles. The van der Waals surface area contributed by atoms with E-state index in [4.69, 9.17) is 28.4 Å². The molecule has 274 valence electrons. The maximum Gasteiger partial charge on any atom is 0.309 e. The van der Waals surface area contributed by atoms with E-state index in [0.29, 0.717) is 42.3 Å². The van der Waals surface area contributed by atoms with Crippen molar-refractivity contribution >= 4 is 5.97 Å². The van der Waals surface area contributed by atoms with E-state index in [1.165, 1.54) is 20.3 Å². The van der Waals surface area contributed by atoms with Crippen LogP contribution in [0.2, 0.25) is 0 Å². The Hall–Kier alpha value is -5.13. The number of aliphatic hydroxyl groups excluding tert-OH is 2. The molecular weight excluding hydrogens is 668 g/mol. The highest BCUT2D eigenvalue weighted by Gasteiger charge is 2.41. The van der Waals surface area contributed by atoms with Gasteiger partial charge in [-0.05, 0) is 95.0 Å². The third kappa shape index (κ3) is 6.22. The maximum atomic E-state index is 13.3. The molecule has 4 aromatic rings. The van der Waals surface area contributed by atoms with Crippen LogP contribution < -0.4 is 23.7 Å². The van der Waals surface area contributed by atoms with E-state index in [1.807, 2.05) is 30.3 Å². The van der Waals surface area contributed by atoms with Gasteiger partial charge in [-0.3, -0.25) is 4.79 Å². The van der Waals surface area contributed by atoms with Crippen molar-refractivity contribution in [1.29, 1.82) is 0 Å². The second-order valence-electron chi connectivity index (χ2n) is 13.8. The zero-order chi connectivity index (χ0) is 36.7. The predicted octanol–water partition coefficient (Wildman–Crippen LogP) is 5.33. The number of benzene rings is 4. The van der Waals surface area contributed by atoms with Crippen LogP contribution in [0.25, 0.3) is 0 Å². The Bertz CT molecular complexity index is 1970. The van der Waals surface area contributed by atoms with Crippen molar-refractivity contribution in [3.8, 4) is 40.2 Å². The number of aliphatic hydroxyl groups is 2. The van der Waals surface area contributed by atoms with E-state index < -0.39 is 17.9 Å². The van der Waals surface area contributed by atoms with Crippen LogP contribution >= 0.6 is 0 Å². The molecule has 0 bridgehead atoms. The summed E-state index contributed by atoms with van der Waals surface area (Å²) in [6.45, 7) is 0.0101. The number of phenolic OH excluding ortho intramolecular Hbond substituents is 2. The van der Waals surface area contributed by atoms with Gasteiger partial charge in [0.05, 0.1) is 60.1 Å². The Kier molecular flexibility index (Phi) is 9.82. The summed E-state index contributed by atoms with van der Waals surface area (Å²) in [5.74, 6) is 1.04. The van der Waals surface area contributed by atoms with Crippen LogP contribution in [0.4, 0.5) is 0 Å². The van der Waals surface area contributed by atoms with Gasteiger partial charge < -0.3 is 48.8 Å². The molecule has 6 unspecified atom stereocenters. The topological polar surface area (TPSA) is 153 Å². The Morgan fingerprint density at radius 3 is 1.92 bits per heavy atom. The minimum atomic E-state index is -0.545. The fraction of sp³-hybridized carbons (Fsp3) is 0.390. The number of rotatable bonds is 12. The normalized spacial score (nSPS) is 23.1. The number of hydrogen-bond acceptors (Lipinski definition) is 11. The first-order valence-electron chi connectivity index (χ1n) is 17.4. The van der Waals surface area contributed by atoms with Crippen molar-refractivity contribution in [1.82, 2.24) is 0 Å².